The Balaban J connectivity index is 1.71. The average Bonchev–Trinajstić information content (AvgIpc) is 2.62. The van der Waals surface area contributed by atoms with E-state index in [1.165, 1.54) is 58.3 Å². The standard InChI is InChI=1S/C16H32N2/c1-13(2)8-16(6-4-5-7-16)12-18-9-14(3)15-10-17-11-15/h13-15,17-18H,4-12H2,1-3H3. The van der Waals surface area contributed by atoms with Gasteiger partial charge in [0.1, 0.15) is 0 Å². The quantitative estimate of drug-likeness (QED) is 0.728. The first-order valence-corrected chi connectivity index (χ1v) is 8.03. The van der Waals surface area contributed by atoms with Crippen LogP contribution in [0.4, 0.5) is 0 Å². The van der Waals surface area contributed by atoms with Crippen molar-refractivity contribution in [2.24, 2.45) is 23.2 Å². The van der Waals surface area contributed by atoms with Crippen molar-refractivity contribution in [1.29, 1.82) is 0 Å². The molecule has 1 unspecified atom stereocenters. The largest absolute Gasteiger partial charge is 0.316 e. The van der Waals surface area contributed by atoms with Crippen molar-refractivity contribution >= 4 is 0 Å². The van der Waals surface area contributed by atoms with Crippen molar-refractivity contribution in [1.82, 2.24) is 10.6 Å². The van der Waals surface area contributed by atoms with E-state index < -0.39 is 0 Å². The molecule has 1 atom stereocenters. The Bertz CT molecular complexity index is 239. The zero-order valence-electron chi connectivity index (χ0n) is 12.6. The minimum Gasteiger partial charge on any atom is -0.316 e. The van der Waals surface area contributed by atoms with Gasteiger partial charge in [0.25, 0.3) is 0 Å². The fourth-order valence-electron chi connectivity index (χ4n) is 3.89. The lowest BCUT2D eigenvalue weighted by Gasteiger charge is -2.35. The Morgan fingerprint density at radius 2 is 1.83 bits per heavy atom. The monoisotopic (exact) mass is 252 g/mol. The van der Waals surface area contributed by atoms with Gasteiger partial charge in [0, 0.05) is 6.54 Å². The molecule has 1 saturated heterocycles. The molecule has 2 N–H and O–H groups in total. The molecule has 1 aliphatic carbocycles. The summed E-state index contributed by atoms with van der Waals surface area (Å²) in [6.07, 6.45) is 7.24. The van der Waals surface area contributed by atoms with E-state index in [2.05, 4.69) is 31.4 Å². The molecule has 0 aromatic heterocycles. The highest BCUT2D eigenvalue weighted by Gasteiger charge is 2.34. The van der Waals surface area contributed by atoms with E-state index in [-0.39, 0.29) is 0 Å². The molecule has 2 heteroatoms. The van der Waals surface area contributed by atoms with Crippen molar-refractivity contribution in [3.8, 4) is 0 Å². The van der Waals surface area contributed by atoms with E-state index in [1.807, 2.05) is 0 Å². The van der Waals surface area contributed by atoms with Gasteiger partial charge in [-0.1, -0.05) is 33.6 Å². The molecule has 1 aliphatic heterocycles. The Kier molecular flexibility index (Phi) is 5.08. The van der Waals surface area contributed by atoms with E-state index in [1.54, 1.807) is 0 Å². The van der Waals surface area contributed by atoms with Crippen LogP contribution in [0, 0.1) is 23.2 Å². The molecule has 2 rings (SSSR count). The summed E-state index contributed by atoms with van der Waals surface area (Å²) in [5.74, 6) is 2.60. The van der Waals surface area contributed by atoms with E-state index in [4.69, 9.17) is 0 Å². The predicted molar refractivity (Wildman–Crippen MR) is 78.7 cm³/mol. The van der Waals surface area contributed by atoms with E-state index in [0.29, 0.717) is 5.41 Å². The van der Waals surface area contributed by atoms with Gasteiger partial charge in [-0.15, -0.1) is 0 Å². The predicted octanol–water partition coefficient (Wildman–Crippen LogP) is 3.04. The number of rotatable bonds is 7. The molecular weight excluding hydrogens is 220 g/mol. The van der Waals surface area contributed by atoms with Crippen LogP contribution in [0.5, 0.6) is 0 Å². The Labute approximate surface area is 113 Å². The highest BCUT2D eigenvalue weighted by atomic mass is 15.0. The van der Waals surface area contributed by atoms with Crippen molar-refractivity contribution in [2.45, 2.75) is 52.9 Å². The van der Waals surface area contributed by atoms with Gasteiger partial charge in [0.15, 0.2) is 0 Å². The Hall–Kier alpha value is -0.0800. The van der Waals surface area contributed by atoms with Crippen molar-refractivity contribution in [3.05, 3.63) is 0 Å². The summed E-state index contributed by atoms with van der Waals surface area (Å²) < 4.78 is 0. The van der Waals surface area contributed by atoms with Crippen LogP contribution < -0.4 is 10.6 Å². The lowest BCUT2D eigenvalue weighted by atomic mass is 9.78. The topological polar surface area (TPSA) is 24.1 Å². The summed E-state index contributed by atoms with van der Waals surface area (Å²) in [4.78, 5) is 0. The van der Waals surface area contributed by atoms with Crippen LogP contribution in [0.25, 0.3) is 0 Å². The molecule has 1 saturated carbocycles. The maximum Gasteiger partial charge on any atom is 0.000802 e. The van der Waals surface area contributed by atoms with Gasteiger partial charge < -0.3 is 10.6 Å². The molecule has 2 nitrogen and oxygen atoms in total. The van der Waals surface area contributed by atoms with Crippen LogP contribution in [-0.2, 0) is 0 Å². The highest BCUT2D eigenvalue weighted by molar-refractivity contribution is 4.88. The second-order valence-corrected chi connectivity index (χ2v) is 7.33. The molecule has 0 aromatic rings. The first kappa shape index (κ1) is 14.3. The Morgan fingerprint density at radius 1 is 1.17 bits per heavy atom. The van der Waals surface area contributed by atoms with Gasteiger partial charge in [-0.05, 0) is 62.1 Å². The van der Waals surface area contributed by atoms with Gasteiger partial charge in [-0.3, -0.25) is 0 Å². The molecule has 18 heavy (non-hydrogen) atoms. The SMILES string of the molecule is CC(C)CC1(CNCC(C)C2CNC2)CCCC1. The van der Waals surface area contributed by atoms with Gasteiger partial charge in [-0.2, -0.15) is 0 Å². The molecule has 2 aliphatic rings. The first-order chi connectivity index (χ1) is 8.61. The maximum absolute atomic E-state index is 3.79. The van der Waals surface area contributed by atoms with E-state index in [9.17, 15) is 0 Å². The van der Waals surface area contributed by atoms with Crippen molar-refractivity contribution in [3.63, 3.8) is 0 Å². The average molecular weight is 252 g/mol. The molecule has 1 heterocycles. The molecule has 0 spiro atoms. The van der Waals surface area contributed by atoms with Gasteiger partial charge in [0.2, 0.25) is 0 Å². The number of hydrogen-bond donors (Lipinski definition) is 2. The van der Waals surface area contributed by atoms with Crippen LogP contribution in [0.15, 0.2) is 0 Å². The summed E-state index contributed by atoms with van der Waals surface area (Å²) in [6, 6.07) is 0. The second kappa shape index (κ2) is 6.38. The van der Waals surface area contributed by atoms with Crippen LogP contribution in [0.2, 0.25) is 0 Å². The summed E-state index contributed by atoms with van der Waals surface area (Å²) in [5.41, 5.74) is 0.631. The first-order valence-electron chi connectivity index (χ1n) is 8.03. The molecule has 0 amide bonds. The molecule has 106 valence electrons. The zero-order valence-corrected chi connectivity index (χ0v) is 12.6. The van der Waals surface area contributed by atoms with Crippen molar-refractivity contribution in [2.75, 3.05) is 26.2 Å². The smallest absolute Gasteiger partial charge is 0.000802 e. The third kappa shape index (κ3) is 3.71. The second-order valence-electron chi connectivity index (χ2n) is 7.33. The molecule has 0 bridgehead atoms. The van der Waals surface area contributed by atoms with Crippen LogP contribution in [0.1, 0.15) is 52.9 Å². The summed E-state index contributed by atoms with van der Waals surface area (Å²) in [6.45, 7) is 12.1. The third-order valence-electron chi connectivity index (χ3n) is 5.09. The summed E-state index contributed by atoms with van der Waals surface area (Å²) in [5, 5.41) is 7.17. The molecule has 0 aromatic carbocycles. The molecular formula is C16H32N2. The van der Waals surface area contributed by atoms with Crippen LogP contribution in [-0.4, -0.2) is 26.2 Å². The summed E-state index contributed by atoms with van der Waals surface area (Å²) >= 11 is 0. The highest BCUT2D eigenvalue weighted by Crippen LogP contribution is 2.42. The lowest BCUT2D eigenvalue weighted by molar-refractivity contribution is 0.200. The lowest BCUT2D eigenvalue weighted by Crippen LogP contribution is -2.48. The summed E-state index contributed by atoms with van der Waals surface area (Å²) in [7, 11) is 0. The van der Waals surface area contributed by atoms with E-state index >= 15 is 0 Å². The van der Waals surface area contributed by atoms with Gasteiger partial charge in [-0.25, -0.2) is 0 Å². The number of hydrogen-bond acceptors (Lipinski definition) is 2. The van der Waals surface area contributed by atoms with Crippen molar-refractivity contribution < 1.29 is 0 Å². The van der Waals surface area contributed by atoms with E-state index in [0.717, 1.165) is 17.8 Å². The van der Waals surface area contributed by atoms with Gasteiger partial charge >= 0.3 is 0 Å². The molecule has 0 radical (unpaired) electrons. The number of nitrogens with one attached hydrogen (secondary N) is 2. The van der Waals surface area contributed by atoms with Crippen LogP contribution in [0.3, 0.4) is 0 Å². The minimum atomic E-state index is 0.631. The maximum atomic E-state index is 3.79. The molecule has 2 fully saturated rings. The van der Waals surface area contributed by atoms with Gasteiger partial charge in [0.05, 0.1) is 0 Å². The fraction of sp³-hybridized carbons (Fsp3) is 1.00. The Morgan fingerprint density at radius 3 is 2.33 bits per heavy atom. The fourth-order valence-corrected chi connectivity index (χ4v) is 3.89. The normalized spacial score (nSPS) is 25.3. The minimum absolute atomic E-state index is 0.631. The zero-order chi connectivity index (χ0) is 13.0. The third-order valence-corrected chi connectivity index (χ3v) is 5.09. The van der Waals surface area contributed by atoms with Crippen LogP contribution >= 0.6 is 0 Å².